The van der Waals surface area contributed by atoms with Crippen LogP contribution in [-0.4, -0.2) is 25.8 Å². The van der Waals surface area contributed by atoms with Crippen LogP contribution in [0.15, 0.2) is 47.4 Å². The Labute approximate surface area is 148 Å². The molecule has 25 heavy (non-hydrogen) atoms. The number of benzene rings is 2. The van der Waals surface area contributed by atoms with Crippen molar-refractivity contribution < 1.29 is 18.1 Å². The van der Waals surface area contributed by atoms with Crippen LogP contribution in [0.5, 0.6) is 0 Å². The Hall–Kier alpha value is -2.49. The van der Waals surface area contributed by atoms with Crippen LogP contribution in [0.4, 0.5) is 5.69 Å². The van der Waals surface area contributed by atoms with Crippen LogP contribution in [0, 0.1) is 10.1 Å². The molecule has 0 aliphatic rings. The summed E-state index contributed by atoms with van der Waals surface area (Å²) in [6, 6.07) is 9.76. The summed E-state index contributed by atoms with van der Waals surface area (Å²) in [5.41, 5.74) is 0.586. The number of sulfonamides is 1. The molecule has 0 aromatic heterocycles. The third kappa shape index (κ3) is 4.99. The molecule has 0 fully saturated rings. The smallest absolute Gasteiger partial charge is 0.288 e. The maximum atomic E-state index is 12.0. The van der Waals surface area contributed by atoms with Crippen molar-refractivity contribution in [1.29, 1.82) is 0 Å². The number of nitrogens with two attached hydrogens (primary N) is 1. The molecule has 0 spiro atoms. The van der Waals surface area contributed by atoms with E-state index < -0.39 is 20.9 Å². The summed E-state index contributed by atoms with van der Waals surface area (Å²) in [4.78, 5) is 22.2. The van der Waals surface area contributed by atoms with E-state index >= 15 is 0 Å². The van der Waals surface area contributed by atoms with E-state index in [9.17, 15) is 23.3 Å². The fraction of sp³-hybridized carbons (Fsp3) is 0.133. The molecule has 2 aromatic carbocycles. The van der Waals surface area contributed by atoms with Gasteiger partial charge in [0, 0.05) is 18.2 Å². The van der Waals surface area contributed by atoms with E-state index in [1.807, 2.05) is 0 Å². The molecular formula is C15H14ClN3O5S. The van der Waals surface area contributed by atoms with Gasteiger partial charge in [0.15, 0.2) is 0 Å². The normalized spacial score (nSPS) is 11.1. The van der Waals surface area contributed by atoms with E-state index in [2.05, 4.69) is 5.32 Å². The number of carbonyl (C=O) groups is 1. The second-order valence-corrected chi connectivity index (χ2v) is 7.09. The summed E-state index contributed by atoms with van der Waals surface area (Å²) in [6.45, 7) is 0.268. The van der Waals surface area contributed by atoms with Crippen molar-refractivity contribution in [2.24, 2.45) is 5.14 Å². The zero-order valence-corrected chi connectivity index (χ0v) is 14.4. The third-order valence-electron chi connectivity index (χ3n) is 3.36. The van der Waals surface area contributed by atoms with Crippen LogP contribution in [0.2, 0.25) is 5.02 Å². The summed E-state index contributed by atoms with van der Waals surface area (Å²) < 4.78 is 22.3. The largest absolute Gasteiger partial charge is 0.352 e. The summed E-state index contributed by atoms with van der Waals surface area (Å²) in [5.74, 6) is -0.471. The average molecular weight is 384 g/mol. The predicted octanol–water partition coefficient (Wildman–Crippen LogP) is 1.87. The lowest BCUT2D eigenvalue weighted by molar-refractivity contribution is -0.384. The van der Waals surface area contributed by atoms with Gasteiger partial charge in [0.2, 0.25) is 10.0 Å². The lowest BCUT2D eigenvalue weighted by Crippen LogP contribution is -2.25. The molecule has 132 valence electrons. The zero-order valence-electron chi connectivity index (χ0n) is 12.8. The third-order valence-corrected chi connectivity index (χ3v) is 4.60. The Kier molecular flexibility index (Phi) is 5.73. The molecule has 2 aromatic rings. The van der Waals surface area contributed by atoms with Crippen LogP contribution in [-0.2, 0) is 16.4 Å². The van der Waals surface area contributed by atoms with Gasteiger partial charge in [-0.15, -0.1) is 0 Å². The van der Waals surface area contributed by atoms with Crippen molar-refractivity contribution in [1.82, 2.24) is 5.32 Å². The van der Waals surface area contributed by atoms with E-state index in [1.165, 1.54) is 24.3 Å². The highest BCUT2D eigenvalue weighted by molar-refractivity contribution is 7.89. The molecule has 3 N–H and O–H groups in total. The Bertz CT molecular complexity index is 913. The van der Waals surface area contributed by atoms with Gasteiger partial charge in [0.25, 0.3) is 11.6 Å². The number of rotatable bonds is 6. The molecule has 0 saturated heterocycles. The number of halogens is 1. The molecule has 0 unspecified atom stereocenters. The highest BCUT2D eigenvalue weighted by Crippen LogP contribution is 2.24. The molecule has 0 saturated carbocycles. The summed E-state index contributed by atoms with van der Waals surface area (Å²) >= 11 is 5.70. The second-order valence-electron chi connectivity index (χ2n) is 5.12. The van der Waals surface area contributed by atoms with Gasteiger partial charge in [-0.25, -0.2) is 13.6 Å². The molecule has 0 aliphatic heterocycles. The van der Waals surface area contributed by atoms with Gasteiger partial charge in [-0.05, 0) is 36.2 Å². The van der Waals surface area contributed by atoms with Gasteiger partial charge in [-0.1, -0.05) is 23.7 Å². The molecule has 0 atom stereocenters. The van der Waals surface area contributed by atoms with E-state index in [0.717, 1.165) is 11.6 Å². The molecule has 0 heterocycles. The molecular weight excluding hydrogens is 370 g/mol. The van der Waals surface area contributed by atoms with Gasteiger partial charge >= 0.3 is 0 Å². The maximum Gasteiger partial charge on any atom is 0.288 e. The van der Waals surface area contributed by atoms with Crippen molar-refractivity contribution in [2.45, 2.75) is 11.3 Å². The van der Waals surface area contributed by atoms with Gasteiger partial charge < -0.3 is 5.32 Å². The van der Waals surface area contributed by atoms with Crippen molar-refractivity contribution in [2.75, 3.05) is 6.54 Å². The number of nitrogens with zero attached hydrogens (tertiary/aromatic N) is 1. The van der Waals surface area contributed by atoms with Gasteiger partial charge in [-0.3, -0.25) is 14.9 Å². The molecule has 10 heteroatoms. The van der Waals surface area contributed by atoms with Gasteiger partial charge in [0.1, 0.15) is 5.02 Å². The van der Waals surface area contributed by atoms with Crippen LogP contribution >= 0.6 is 11.6 Å². The molecule has 1 amide bonds. The van der Waals surface area contributed by atoms with Crippen molar-refractivity contribution in [3.63, 3.8) is 0 Å². The fourth-order valence-electron chi connectivity index (χ4n) is 2.06. The number of nitrogens with one attached hydrogen (secondary N) is 1. The summed E-state index contributed by atoms with van der Waals surface area (Å²) in [5, 5.41) is 18.4. The second kappa shape index (κ2) is 7.60. The average Bonchev–Trinajstić information content (AvgIpc) is 2.54. The number of nitro groups is 1. The van der Waals surface area contributed by atoms with Crippen molar-refractivity contribution >= 4 is 33.2 Å². The first-order valence-corrected chi connectivity index (χ1v) is 8.95. The standard InChI is InChI=1S/C15H14ClN3O5S/c16-13-6-3-11(9-14(13)19(21)22)15(20)18-8-7-10-1-4-12(5-2-10)25(17,23)24/h1-6,9H,7-8H2,(H,18,20)(H2,17,23,24). The van der Waals surface area contributed by atoms with Crippen LogP contribution in [0.1, 0.15) is 15.9 Å². The van der Waals surface area contributed by atoms with Gasteiger partial charge in [-0.2, -0.15) is 0 Å². The SMILES string of the molecule is NS(=O)(=O)c1ccc(CCNC(=O)c2ccc(Cl)c([N+](=O)[O-])c2)cc1. The molecule has 2 rings (SSSR count). The number of amides is 1. The number of nitro benzene ring substituents is 1. The Morgan fingerprint density at radius 2 is 1.84 bits per heavy atom. The Balaban J connectivity index is 1.97. The minimum absolute atomic E-state index is 0.00811. The minimum Gasteiger partial charge on any atom is -0.352 e. The van der Waals surface area contributed by atoms with Crippen LogP contribution < -0.4 is 10.5 Å². The molecule has 0 radical (unpaired) electrons. The monoisotopic (exact) mass is 383 g/mol. The van der Waals surface area contributed by atoms with E-state index in [4.69, 9.17) is 16.7 Å². The predicted molar refractivity (Wildman–Crippen MR) is 92.0 cm³/mol. The first-order valence-electron chi connectivity index (χ1n) is 7.02. The molecule has 0 bridgehead atoms. The van der Waals surface area contributed by atoms with E-state index in [-0.39, 0.29) is 27.7 Å². The lowest BCUT2D eigenvalue weighted by Gasteiger charge is -2.06. The van der Waals surface area contributed by atoms with Crippen molar-refractivity contribution in [3.05, 3.63) is 68.7 Å². The number of hydrogen-bond acceptors (Lipinski definition) is 5. The van der Waals surface area contributed by atoms with Crippen LogP contribution in [0.3, 0.4) is 0 Å². The molecule has 8 nitrogen and oxygen atoms in total. The van der Waals surface area contributed by atoms with E-state index in [1.54, 1.807) is 12.1 Å². The minimum atomic E-state index is -3.74. The first kappa shape index (κ1) is 18.8. The van der Waals surface area contributed by atoms with Gasteiger partial charge in [0.05, 0.1) is 9.82 Å². The zero-order chi connectivity index (χ0) is 18.6. The maximum absolute atomic E-state index is 12.0. The highest BCUT2D eigenvalue weighted by Gasteiger charge is 2.16. The Morgan fingerprint density at radius 1 is 1.20 bits per heavy atom. The summed E-state index contributed by atoms with van der Waals surface area (Å²) in [7, 11) is -3.74. The topological polar surface area (TPSA) is 132 Å². The highest BCUT2D eigenvalue weighted by atomic mass is 35.5. The number of carbonyl (C=O) groups excluding carboxylic acids is 1. The Morgan fingerprint density at radius 3 is 2.40 bits per heavy atom. The fourth-order valence-corrected chi connectivity index (χ4v) is 2.76. The summed E-state index contributed by atoms with van der Waals surface area (Å²) in [6.07, 6.45) is 0.451. The number of primary sulfonamides is 1. The van der Waals surface area contributed by atoms with Crippen LogP contribution in [0.25, 0.3) is 0 Å². The quantitative estimate of drug-likeness (QED) is 0.580. The van der Waals surface area contributed by atoms with E-state index in [0.29, 0.717) is 6.42 Å². The number of hydrogen-bond donors (Lipinski definition) is 2. The van der Waals surface area contributed by atoms with Crippen molar-refractivity contribution in [3.8, 4) is 0 Å². The lowest BCUT2D eigenvalue weighted by atomic mass is 10.1. The first-order chi connectivity index (χ1) is 11.7. The molecule has 0 aliphatic carbocycles.